The highest BCUT2D eigenvalue weighted by Gasteiger charge is 2.38. The number of rotatable bonds is 1. The molecule has 0 bridgehead atoms. The van der Waals surface area contributed by atoms with E-state index in [1.54, 1.807) is 5.56 Å². The average molecular weight is 243 g/mol. The summed E-state index contributed by atoms with van der Waals surface area (Å²) in [6, 6.07) is 9.09. The molecule has 2 unspecified atom stereocenters. The minimum absolute atomic E-state index is 0.814. The molecule has 1 aliphatic carbocycles. The smallest absolute Gasteiger partial charge is 0.0377 e. The Hall–Kier alpha value is -0.860. The van der Waals surface area contributed by atoms with E-state index in [0.717, 1.165) is 17.8 Å². The van der Waals surface area contributed by atoms with Gasteiger partial charge in [-0.15, -0.1) is 11.3 Å². The van der Waals surface area contributed by atoms with Gasteiger partial charge in [0.25, 0.3) is 0 Å². The number of fused-ring (bicyclic) bond motifs is 2. The Morgan fingerprint density at radius 2 is 1.88 bits per heavy atom. The zero-order chi connectivity index (χ0) is 11.2. The highest BCUT2D eigenvalue weighted by Crippen LogP contribution is 2.46. The van der Waals surface area contributed by atoms with Gasteiger partial charge < -0.3 is 5.32 Å². The van der Waals surface area contributed by atoms with Crippen LogP contribution in [-0.2, 0) is 0 Å². The van der Waals surface area contributed by atoms with Crippen molar-refractivity contribution in [2.75, 3.05) is 13.1 Å². The third-order valence-corrected chi connectivity index (χ3v) is 5.58. The predicted molar refractivity (Wildman–Crippen MR) is 73.6 cm³/mol. The fraction of sp³-hybridized carbons (Fsp3) is 0.467. The molecule has 0 radical (unpaired) electrons. The molecule has 1 aliphatic heterocycles. The second-order valence-electron chi connectivity index (χ2n) is 5.53. The van der Waals surface area contributed by atoms with Gasteiger partial charge in [0.05, 0.1) is 0 Å². The van der Waals surface area contributed by atoms with Crippen LogP contribution in [0.25, 0.3) is 10.1 Å². The summed E-state index contributed by atoms with van der Waals surface area (Å²) in [4.78, 5) is 0. The largest absolute Gasteiger partial charge is 0.316 e. The van der Waals surface area contributed by atoms with Gasteiger partial charge in [-0.1, -0.05) is 18.2 Å². The molecule has 2 heteroatoms. The van der Waals surface area contributed by atoms with Crippen molar-refractivity contribution < 1.29 is 0 Å². The molecule has 0 spiro atoms. The second-order valence-corrected chi connectivity index (χ2v) is 6.45. The van der Waals surface area contributed by atoms with Gasteiger partial charge in [-0.05, 0) is 66.1 Å². The van der Waals surface area contributed by atoms with E-state index in [0.29, 0.717) is 0 Å². The lowest BCUT2D eigenvalue weighted by molar-refractivity contribution is 0.494. The molecular weight excluding hydrogens is 226 g/mol. The van der Waals surface area contributed by atoms with Gasteiger partial charge in [0, 0.05) is 4.70 Å². The van der Waals surface area contributed by atoms with Gasteiger partial charge >= 0.3 is 0 Å². The van der Waals surface area contributed by atoms with Crippen LogP contribution in [0.2, 0.25) is 0 Å². The lowest BCUT2D eigenvalue weighted by Gasteiger charge is -2.12. The van der Waals surface area contributed by atoms with Crippen molar-refractivity contribution in [2.24, 2.45) is 11.8 Å². The first-order valence-corrected chi connectivity index (χ1v) is 7.46. The monoisotopic (exact) mass is 243 g/mol. The van der Waals surface area contributed by atoms with Crippen molar-refractivity contribution in [3.63, 3.8) is 0 Å². The molecule has 17 heavy (non-hydrogen) atoms. The number of hydrogen-bond acceptors (Lipinski definition) is 2. The summed E-state index contributed by atoms with van der Waals surface area (Å²) in [5, 5.41) is 7.19. The predicted octanol–water partition coefficient (Wildman–Crippen LogP) is 3.61. The molecule has 0 amide bonds. The van der Waals surface area contributed by atoms with E-state index < -0.39 is 0 Å². The van der Waals surface area contributed by atoms with Crippen molar-refractivity contribution in [3.8, 4) is 0 Å². The van der Waals surface area contributed by atoms with Crippen molar-refractivity contribution >= 4 is 21.4 Å². The molecule has 2 aromatic rings. The first-order valence-electron chi connectivity index (χ1n) is 6.58. The normalized spacial score (nSPS) is 32.1. The Morgan fingerprint density at radius 1 is 1.06 bits per heavy atom. The van der Waals surface area contributed by atoms with Gasteiger partial charge in [0.1, 0.15) is 0 Å². The standard InChI is InChI=1S/C15H17NS/c1-2-10-4-5-17-15(10)14(3-1)11-6-12-8-16-9-13(12)7-11/h1-5,11-13,16H,6-9H2. The van der Waals surface area contributed by atoms with Crippen molar-refractivity contribution in [1.82, 2.24) is 5.32 Å². The Balaban J connectivity index is 1.73. The lowest BCUT2D eigenvalue weighted by atomic mass is 9.95. The summed E-state index contributed by atoms with van der Waals surface area (Å²) in [5.41, 5.74) is 1.62. The average Bonchev–Trinajstić information content (AvgIpc) is 3.02. The molecule has 1 N–H and O–H groups in total. The third-order valence-electron chi connectivity index (χ3n) is 4.60. The number of thiophene rings is 1. The molecule has 1 aromatic heterocycles. The summed E-state index contributed by atoms with van der Waals surface area (Å²) in [6.45, 7) is 2.50. The number of nitrogens with one attached hydrogen (secondary N) is 1. The highest BCUT2D eigenvalue weighted by molar-refractivity contribution is 7.17. The molecule has 4 rings (SSSR count). The summed E-state index contributed by atoms with van der Waals surface area (Å²) < 4.78 is 1.53. The zero-order valence-corrected chi connectivity index (χ0v) is 10.7. The molecule has 2 atom stereocenters. The fourth-order valence-corrected chi connectivity index (χ4v) is 4.75. The SMILES string of the molecule is c1cc(C2CC3CNCC3C2)c2sccc2c1. The first kappa shape index (κ1) is 10.1. The molecule has 1 aromatic carbocycles. The van der Waals surface area contributed by atoms with E-state index in [9.17, 15) is 0 Å². The first-order chi connectivity index (χ1) is 8.42. The summed E-state index contributed by atoms with van der Waals surface area (Å²) in [7, 11) is 0. The van der Waals surface area contributed by atoms with Crippen LogP contribution >= 0.6 is 11.3 Å². The molecule has 1 saturated heterocycles. The van der Waals surface area contributed by atoms with Crippen LogP contribution in [0.3, 0.4) is 0 Å². The zero-order valence-electron chi connectivity index (χ0n) is 9.86. The van der Waals surface area contributed by atoms with Crippen molar-refractivity contribution in [1.29, 1.82) is 0 Å². The van der Waals surface area contributed by atoms with Crippen LogP contribution in [0.1, 0.15) is 24.3 Å². The fourth-order valence-electron chi connectivity index (χ4n) is 3.76. The van der Waals surface area contributed by atoms with Gasteiger partial charge in [-0.2, -0.15) is 0 Å². The maximum Gasteiger partial charge on any atom is 0.0377 e. The third kappa shape index (κ3) is 1.54. The van der Waals surface area contributed by atoms with E-state index in [4.69, 9.17) is 0 Å². The summed E-state index contributed by atoms with van der Waals surface area (Å²) >= 11 is 1.91. The minimum Gasteiger partial charge on any atom is -0.316 e. The summed E-state index contributed by atoms with van der Waals surface area (Å²) in [5.74, 6) is 2.69. The van der Waals surface area contributed by atoms with Crippen LogP contribution in [0.15, 0.2) is 29.6 Å². The molecule has 2 aliphatic rings. The van der Waals surface area contributed by atoms with Gasteiger partial charge in [-0.3, -0.25) is 0 Å². The number of benzene rings is 1. The van der Waals surface area contributed by atoms with E-state index in [1.807, 2.05) is 11.3 Å². The van der Waals surface area contributed by atoms with Gasteiger partial charge in [0.15, 0.2) is 0 Å². The Morgan fingerprint density at radius 3 is 2.71 bits per heavy atom. The topological polar surface area (TPSA) is 12.0 Å². The molecule has 1 nitrogen and oxygen atoms in total. The van der Waals surface area contributed by atoms with Crippen LogP contribution in [0.4, 0.5) is 0 Å². The minimum atomic E-state index is 0.814. The van der Waals surface area contributed by atoms with E-state index >= 15 is 0 Å². The Bertz CT molecular complexity index is 533. The molecule has 1 saturated carbocycles. The van der Waals surface area contributed by atoms with E-state index in [-0.39, 0.29) is 0 Å². The maximum atomic E-state index is 3.53. The summed E-state index contributed by atoms with van der Waals surface area (Å²) in [6.07, 6.45) is 2.80. The van der Waals surface area contributed by atoms with E-state index in [1.165, 1.54) is 36.0 Å². The Kier molecular flexibility index (Phi) is 2.27. The van der Waals surface area contributed by atoms with Gasteiger partial charge in [0.2, 0.25) is 0 Å². The van der Waals surface area contributed by atoms with Crippen LogP contribution in [0.5, 0.6) is 0 Å². The molecular formula is C15H17NS. The molecule has 88 valence electrons. The number of hydrogen-bond donors (Lipinski definition) is 1. The van der Waals surface area contributed by atoms with Crippen LogP contribution < -0.4 is 5.32 Å². The quantitative estimate of drug-likeness (QED) is 0.806. The van der Waals surface area contributed by atoms with Crippen LogP contribution in [0, 0.1) is 11.8 Å². The molecule has 2 heterocycles. The second kappa shape index (κ2) is 3.82. The Labute approximate surface area is 106 Å². The maximum absolute atomic E-state index is 3.53. The van der Waals surface area contributed by atoms with Gasteiger partial charge in [-0.25, -0.2) is 0 Å². The van der Waals surface area contributed by atoms with Crippen LogP contribution in [-0.4, -0.2) is 13.1 Å². The lowest BCUT2D eigenvalue weighted by Crippen LogP contribution is -2.11. The highest BCUT2D eigenvalue weighted by atomic mass is 32.1. The van der Waals surface area contributed by atoms with Crippen molar-refractivity contribution in [2.45, 2.75) is 18.8 Å². The van der Waals surface area contributed by atoms with E-state index in [2.05, 4.69) is 35.0 Å². The molecule has 2 fully saturated rings. The van der Waals surface area contributed by atoms with Crippen molar-refractivity contribution in [3.05, 3.63) is 35.2 Å².